The van der Waals surface area contributed by atoms with E-state index in [0.29, 0.717) is 12.8 Å². The van der Waals surface area contributed by atoms with Crippen LogP contribution in [-0.2, 0) is 4.79 Å². The van der Waals surface area contributed by atoms with Gasteiger partial charge in [0.25, 0.3) is 5.69 Å². The van der Waals surface area contributed by atoms with E-state index in [0.717, 1.165) is 5.56 Å². The fraction of sp³-hybridized carbons (Fsp3) is 0.462. The Kier molecular flexibility index (Phi) is 4.47. The highest BCUT2D eigenvalue weighted by molar-refractivity contribution is 5.84. The van der Waals surface area contributed by atoms with Gasteiger partial charge >= 0.3 is 5.97 Å². The van der Waals surface area contributed by atoms with Crippen molar-refractivity contribution in [3.63, 3.8) is 0 Å². The van der Waals surface area contributed by atoms with Gasteiger partial charge in [-0.15, -0.1) is 0 Å². The summed E-state index contributed by atoms with van der Waals surface area (Å²) in [5.74, 6) is -1.01. The van der Waals surface area contributed by atoms with Crippen LogP contribution in [0.3, 0.4) is 0 Å². The lowest BCUT2D eigenvalue weighted by molar-refractivity contribution is -0.384. The lowest BCUT2D eigenvalue weighted by Gasteiger charge is -2.29. The summed E-state index contributed by atoms with van der Waals surface area (Å²) in [5.41, 5.74) is -0.291. The van der Waals surface area contributed by atoms with Crippen molar-refractivity contribution in [1.82, 2.24) is 0 Å². The minimum atomic E-state index is -1.18. The maximum Gasteiger partial charge on any atom is 0.329 e. The number of hydrogen-bond donors (Lipinski definition) is 2. The molecule has 0 fully saturated rings. The van der Waals surface area contributed by atoms with Crippen LogP contribution in [0.15, 0.2) is 18.2 Å². The Morgan fingerprint density at radius 3 is 2.42 bits per heavy atom. The maximum atomic E-state index is 11.4. The summed E-state index contributed by atoms with van der Waals surface area (Å²) < 4.78 is 0. The van der Waals surface area contributed by atoms with E-state index >= 15 is 0 Å². The van der Waals surface area contributed by atoms with Crippen molar-refractivity contribution in [1.29, 1.82) is 0 Å². The Hall–Kier alpha value is -2.11. The van der Waals surface area contributed by atoms with Gasteiger partial charge in [-0.3, -0.25) is 10.1 Å². The first-order chi connectivity index (χ1) is 8.86. The average Bonchev–Trinajstić information content (AvgIpc) is 2.37. The topological polar surface area (TPSA) is 92.5 Å². The summed E-state index contributed by atoms with van der Waals surface area (Å²) in [7, 11) is 0. The predicted octanol–water partition coefficient (Wildman–Crippen LogP) is 2.96. The summed E-state index contributed by atoms with van der Waals surface area (Å²) in [6.07, 6.45) is 0.674. The summed E-state index contributed by atoms with van der Waals surface area (Å²) in [6.45, 7) is 5.23. The number of aliphatic carboxylic acids is 1. The van der Waals surface area contributed by atoms with Gasteiger partial charge in [0.1, 0.15) is 11.2 Å². The van der Waals surface area contributed by atoms with Crippen LogP contribution in [0.5, 0.6) is 0 Å². The maximum absolute atomic E-state index is 11.4. The monoisotopic (exact) mass is 266 g/mol. The number of carboxylic acids is 1. The molecule has 0 saturated carbocycles. The van der Waals surface area contributed by atoms with Crippen LogP contribution in [0.4, 0.5) is 11.4 Å². The Morgan fingerprint density at radius 2 is 2.00 bits per heavy atom. The third kappa shape index (κ3) is 3.01. The van der Waals surface area contributed by atoms with Crippen LogP contribution < -0.4 is 5.32 Å². The minimum Gasteiger partial charge on any atom is -0.480 e. The molecule has 0 unspecified atom stereocenters. The molecule has 0 aromatic heterocycles. The lowest BCUT2D eigenvalue weighted by atomic mass is 9.92. The molecule has 0 radical (unpaired) electrons. The van der Waals surface area contributed by atoms with Gasteiger partial charge in [-0.05, 0) is 31.4 Å². The standard InChI is InChI=1S/C13H18N2O4/c1-4-13(5-2,12(16)17)14-10-7-6-9(3)8-11(10)15(18)19/h6-8,14H,4-5H2,1-3H3,(H,16,17). The van der Waals surface area contributed by atoms with Crippen LogP contribution >= 0.6 is 0 Å². The number of nitrogens with one attached hydrogen (secondary N) is 1. The fourth-order valence-corrected chi connectivity index (χ4v) is 1.94. The minimum absolute atomic E-state index is 0.104. The fourth-order valence-electron chi connectivity index (χ4n) is 1.94. The number of nitro groups is 1. The highest BCUT2D eigenvalue weighted by Gasteiger charge is 2.36. The number of carboxylic acid groups (broad SMARTS) is 1. The molecule has 6 heteroatoms. The van der Waals surface area contributed by atoms with Crippen LogP contribution in [0.2, 0.25) is 0 Å². The van der Waals surface area contributed by atoms with Gasteiger partial charge in [-0.25, -0.2) is 4.79 Å². The molecule has 0 spiro atoms. The Balaban J connectivity index is 3.24. The van der Waals surface area contributed by atoms with E-state index in [1.54, 1.807) is 32.9 Å². The molecule has 104 valence electrons. The molecule has 6 nitrogen and oxygen atoms in total. The van der Waals surface area contributed by atoms with E-state index in [2.05, 4.69) is 5.32 Å². The second-order valence-corrected chi connectivity index (χ2v) is 4.50. The van der Waals surface area contributed by atoms with Gasteiger partial charge in [-0.1, -0.05) is 19.9 Å². The van der Waals surface area contributed by atoms with Crippen LogP contribution in [0.25, 0.3) is 0 Å². The molecule has 1 aromatic carbocycles. The molecule has 2 N–H and O–H groups in total. The number of rotatable bonds is 6. The first-order valence-corrected chi connectivity index (χ1v) is 6.13. The van der Waals surface area contributed by atoms with Crippen molar-refractivity contribution in [2.75, 3.05) is 5.32 Å². The summed E-state index contributed by atoms with van der Waals surface area (Å²) >= 11 is 0. The van der Waals surface area contributed by atoms with Crippen LogP contribution in [0, 0.1) is 17.0 Å². The predicted molar refractivity (Wildman–Crippen MR) is 72.4 cm³/mol. The van der Waals surface area contributed by atoms with E-state index in [-0.39, 0.29) is 11.4 Å². The molecule has 0 aliphatic carbocycles. The van der Waals surface area contributed by atoms with Crippen molar-refractivity contribution in [2.24, 2.45) is 0 Å². The van der Waals surface area contributed by atoms with Crippen molar-refractivity contribution < 1.29 is 14.8 Å². The van der Waals surface area contributed by atoms with Crippen molar-refractivity contribution in [3.8, 4) is 0 Å². The van der Waals surface area contributed by atoms with Crippen LogP contribution in [0.1, 0.15) is 32.3 Å². The van der Waals surface area contributed by atoms with Crippen molar-refractivity contribution in [3.05, 3.63) is 33.9 Å². The second kappa shape index (κ2) is 5.69. The number of aryl methyl sites for hydroxylation is 1. The Labute approximate surface area is 111 Å². The number of nitro benzene ring substituents is 1. The molecule has 0 bridgehead atoms. The van der Waals surface area contributed by atoms with Gasteiger partial charge in [0.05, 0.1) is 4.92 Å². The van der Waals surface area contributed by atoms with Gasteiger partial charge in [0, 0.05) is 6.07 Å². The van der Waals surface area contributed by atoms with Gasteiger partial charge in [-0.2, -0.15) is 0 Å². The number of hydrogen-bond acceptors (Lipinski definition) is 4. The molecule has 0 amide bonds. The van der Waals surface area contributed by atoms with Gasteiger partial charge < -0.3 is 10.4 Å². The zero-order valence-corrected chi connectivity index (χ0v) is 11.3. The molecule has 1 aromatic rings. The molecule has 0 aliphatic rings. The largest absolute Gasteiger partial charge is 0.480 e. The van der Waals surface area contributed by atoms with Crippen molar-refractivity contribution in [2.45, 2.75) is 39.2 Å². The normalized spacial score (nSPS) is 11.1. The molecule has 0 heterocycles. The van der Waals surface area contributed by atoms with E-state index in [1.807, 2.05) is 0 Å². The zero-order valence-electron chi connectivity index (χ0n) is 11.3. The first kappa shape index (κ1) is 14.9. The SMILES string of the molecule is CCC(CC)(Nc1ccc(C)cc1[N+](=O)[O-])C(=O)O. The van der Waals surface area contributed by atoms with Crippen LogP contribution in [-0.4, -0.2) is 21.5 Å². The molecule has 0 atom stereocenters. The summed E-state index contributed by atoms with van der Waals surface area (Å²) in [4.78, 5) is 21.9. The zero-order chi connectivity index (χ0) is 14.6. The van der Waals surface area contributed by atoms with Gasteiger partial charge in [0.2, 0.25) is 0 Å². The third-order valence-corrected chi connectivity index (χ3v) is 3.34. The Bertz CT molecular complexity index is 495. The van der Waals surface area contributed by atoms with E-state index in [9.17, 15) is 20.0 Å². The summed E-state index contributed by atoms with van der Waals surface area (Å²) in [6, 6.07) is 4.70. The molecular formula is C13H18N2O4. The lowest BCUT2D eigenvalue weighted by Crippen LogP contribution is -2.45. The first-order valence-electron chi connectivity index (χ1n) is 6.13. The highest BCUT2D eigenvalue weighted by Crippen LogP contribution is 2.30. The number of nitrogens with zero attached hydrogens (tertiary/aromatic N) is 1. The number of anilines is 1. The Morgan fingerprint density at radius 1 is 1.42 bits per heavy atom. The molecular weight excluding hydrogens is 248 g/mol. The smallest absolute Gasteiger partial charge is 0.329 e. The quantitative estimate of drug-likeness (QED) is 0.610. The van der Waals surface area contributed by atoms with Crippen molar-refractivity contribution >= 4 is 17.3 Å². The number of benzene rings is 1. The highest BCUT2D eigenvalue weighted by atomic mass is 16.6. The molecule has 1 rings (SSSR count). The van der Waals surface area contributed by atoms with Gasteiger partial charge in [0.15, 0.2) is 0 Å². The molecule has 0 saturated heterocycles. The average molecular weight is 266 g/mol. The molecule has 0 aliphatic heterocycles. The second-order valence-electron chi connectivity index (χ2n) is 4.50. The third-order valence-electron chi connectivity index (χ3n) is 3.34. The summed E-state index contributed by atoms with van der Waals surface area (Å²) in [5, 5.41) is 23.2. The van der Waals surface area contributed by atoms with E-state index in [1.165, 1.54) is 6.07 Å². The number of carbonyl (C=O) groups is 1. The molecule has 19 heavy (non-hydrogen) atoms. The van der Waals surface area contributed by atoms with E-state index < -0.39 is 16.4 Å². The van der Waals surface area contributed by atoms with E-state index in [4.69, 9.17) is 0 Å².